The quantitative estimate of drug-likeness (QED) is 0.415. The molecule has 0 N–H and O–H groups in total. The summed E-state index contributed by atoms with van der Waals surface area (Å²) in [5.41, 5.74) is 1.18. The predicted octanol–water partition coefficient (Wildman–Crippen LogP) is 3.17. The minimum absolute atomic E-state index is 0.0269. The molecule has 24 heavy (non-hydrogen) atoms. The summed E-state index contributed by atoms with van der Waals surface area (Å²) < 4.78 is 1.22. The van der Waals surface area contributed by atoms with E-state index in [0.717, 1.165) is 10.4 Å². The fourth-order valence-electron chi connectivity index (χ4n) is 2.37. The smallest absolute Gasteiger partial charge is 0.267 e. The number of hydrogen-bond donors (Lipinski definition) is 0. The summed E-state index contributed by atoms with van der Waals surface area (Å²) in [5, 5.41) is 15.6. The van der Waals surface area contributed by atoms with E-state index in [9.17, 15) is 14.9 Å². The first kappa shape index (κ1) is 16.0. The van der Waals surface area contributed by atoms with Crippen LogP contribution in [0.3, 0.4) is 0 Å². The molecule has 0 radical (unpaired) electrons. The van der Waals surface area contributed by atoms with Crippen LogP contribution in [0.5, 0.6) is 0 Å². The standard InChI is InChI=1S/C16H14N4O3S/c1-9-10(2)24-15-14(9)16(21)19(11(3)18-15)17-8-12-5-4-6-13(7-12)20(22)23/h4-8H,1-3H3. The van der Waals surface area contributed by atoms with Crippen LogP contribution in [0.25, 0.3) is 10.2 Å². The topological polar surface area (TPSA) is 90.4 Å². The first-order chi connectivity index (χ1) is 11.4. The molecular weight excluding hydrogens is 328 g/mol. The first-order valence-corrected chi connectivity index (χ1v) is 7.98. The van der Waals surface area contributed by atoms with Crippen molar-refractivity contribution in [1.29, 1.82) is 0 Å². The van der Waals surface area contributed by atoms with Crippen LogP contribution >= 0.6 is 11.3 Å². The highest BCUT2D eigenvalue weighted by Gasteiger charge is 2.14. The molecule has 3 aromatic rings. The molecule has 0 aliphatic carbocycles. The largest absolute Gasteiger partial charge is 0.283 e. The van der Waals surface area contributed by atoms with Crippen molar-refractivity contribution in [3.8, 4) is 0 Å². The van der Waals surface area contributed by atoms with Crippen LogP contribution < -0.4 is 5.56 Å². The lowest BCUT2D eigenvalue weighted by molar-refractivity contribution is -0.384. The van der Waals surface area contributed by atoms with Crippen LogP contribution in [0, 0.1) is 30.9 Å². The van der Waals surface area contributed by atoms with Crippen molar-refractivity contribution < 1.29 is 4.92 Å². The summed E-state index contributed by atoms with van der Waals surface area (Å²) in [6.45, 7) is 5.55. The number of non-ortho nitro benzene ring substituents is 1. The average Bonchev–Trinajstić information content (AvgIpc) is 2.81. The lowest BCUT2D eigenvalue weighted by atomic mass is 10.2. The molecule has 0 aliphatic rings. The van der Waals surface area contributed by atoms with E-state index in [0.29, 0.717) is 21.6 Å². The van der Waals surface area contributed by atoms with E-state index in [-0.39, 0.29) is 11.2 Å². The van der Waals surface area contributed by atoms with Crippen LogP contribution in [0.4, 0.5) is 5.69 Å². The summed E-state index contributed by atoms with van der Waals surface area (Å²) >= 11 is 1.48. The van der Waals surface area contributed by atoms with E-state index in [4.69, 9.17) is 0 Å². The van der Waals surface area contributed by atoms with Gasteiger partial charge in [0.25, 0.3) is 11.2 Å². The van der Waals surface area contributed by atoms with E-state index in [1.165, 1.54) is 34.4 Å². The highest BCUT2D eigenvalue weighted by molar-refractivity contribution is 7.18. The second-order valence-corrected chi connectivity index (χ2v) is 6.54. The Bertz CT molecular complexity index is 1050. The van der Waals surface area contributed by atoms with Crippen molar-refractivity contribution in [1.82, 2.24) is 9.66 Å². The minimum atomic E-state index is -0.472. The average molecular weight is 342 g/mol. The number of thiophene rings is 1. The number of nitrogens with zero attached hydrogens (tertiary/aromatic N) is 4. The van der Waals surface area contributed by atoms with E-state index in [1.807, 2.05) is 13.8 Å². The van der Waals surface area contributed by atoms with Gasteiger partial charge in [-0.25, -0.2) is 4.98 Å². The van der Waals surface area contributed by atoms with Crippen molar-refractivity contribution >= 4 is 33.5 Å². The number of nitro groups is 1. The SMILES string of the molecule is Cc1sc2nc(C)n(N=Cc3cccc([N+](=O)[O-])c3)c(=O)c2c1C. The molecule has 8 heteroatoms. The molecule has 0 fully saturated rings. The molecular formula is C16H14N4O3S. The normalized spacial score (nSPS) is 11.5. The Morgan fingerprint density at radius 3 is 2.79 bits per heavy atom. The molecule has 0 bridgehead atoms. The molecule has 2 heterocycles. The maximum Gasteiger partial charge on any atom is 0.283 e. The van der Waals surface area contributed by atoms with Gasteiger partial charge in [-0.2, -0.15) is 9.78 Å². The number of fused-ring (bicyclic) bond motifs is 1. The molecule has 0 atom stereocenters. The fourth-order valence-corrected chi connectivity index (χ4v) is 3.43. The maximum atomic E-state index is 12.7. The van der Waals surface area contributed by atoms with E-state index >= 15 is 0 Å². The van der Waals surface area contributed by atoms with Crippen molar-refractivity contribution in [3.63, 3.8) is 0 Å². The summed E-state index contributed by atoms with van der Waals surface area (Å²) in [5.74, 6) is 0.468. The molecule has 3 rings (SSSR count). The molecule has 0 amide bonds. The Balaban J connectivity index is 2.10. The van der Waals surface area contributed by atoms with E-state index in [1.54, 1.807) is 19.1 Å². The van der Waals surface area contributed by atoms with Gasteiger partial charge in [0.15, 0.2) is 0 Å². The van der Waals surface area contributed by atoms with Crippen molar-refractivity contribution in [2.45, 2.75) is 20.8 Å². The lowest BCUT2D eigenvalue weighted by Crippen LogP contribution is -2.20. The number of nitro benzene ring substituents is 1. The van der Waals surface area contributed by atoms with Crippen LogP contribution in [0.1, 0.15) is 21.8 Å². The zero-order valence-electron chi connectivity index (χ0n) is 13.3. The summed E-state index contributed by atoms with van der Waals surface area (Å²) in [6, 6.07) is 6.06. The highest BCUT2D eigenvalue weighted by Crippen LogP contribution is 2.26. The zero-order chi connectivity index (χ0) is 17.4. The third-order valence-corrected chi connectivity index (χ3v) is 4.85. The van der Waals surface area contributed by atoms with Gasteiger partial charge in [0, 0.05) is 22.6 Å². The van der Waals surface area contributed by atoms with Gasteiger partial charge in [-0.05, 0) is 26.3 Å². The van der Waals surface area contributed by atoms with Crippen molar-refractivity contribution in [2.75, 3.05) is 0 Å². The molecule has 7 nitrogen and oxygen atoms in total. The Kier molecular flexibility index (Phi) is 3.98. The van der Waals surface area contributed by atoms with Gasteiger partial charge in [-0.1, -0.05) is 12.1 Å². The maximum absolute atomic E-state index is 12.7. The Morgan fingerprint density at radius 2 is 2.08 bits per heavy atom. The van der Waals surface area contributed by atoms with Crippen molar-refractivity contribution in [3.05, 3.63) is 66.6 Å². The molecule has 0 aliphatic heterocycles. The second-order valence-electron chi connectivity index (χ2n) is 5.34. The number of aromatic nitrogens is 2. The number of hydrogen-bond acceptors (Lipinski definition) is 6. The molecule has 0 unspecified atom stereocenters. The molecule has 0 saturated carbocycles. The summed E-state index contributed by atoms with van der Waals surface area (Å²) in [7, 11) is 0. The van der Waals surface area contributed by atoms with E-state index in [2.05, 4.69) is 10.1 Å². The molecule has 0 spiro atoms. The van der Waals surface area contributed by atoms with Gasteiger partial charge in [-0.3, -0.25) is 14.9 Å². The third kappa shape index (κ3) is 2.71. The van der Waals surface area contributed by atoms with Gasteiger partial charge < -0.3 is 0 Å². The Morgan fingerprint density at radius 1 is 1.33 bits per heavy atom. The summed E-state index contributed by atoms with van der Waals surface area (Å²) in [4.78, 5) is 29.2. The molecule has 2 aromatic heterocycles. The first-order valence-electron chi connectivity index (χ1n) is 7.16. The number of benzene rings is 1. The van der Waals surface area contributed by atoms with Crippen LogP contribution in [0.15, 0.2) is 34.2 Å². The predicted molar refractivity (Wildman–Crippen MR) is 94.2 cm³/mol. The van der Waals surface area contributed by atoms with Crippen LogP contribution in [0.2, 0.25) is 0 Å². The highest BCUT2D eigenvalue weighted by atomic mass is 32.1. The van der Waals surface area contributed by atoms with Gasteiger partial charge in [0.05, 0.1) is 16.5 Å². The third-order valence-electron chi connectivity index (χ3n) is 3.75. The van der Waals surface area contributed by atoms with Gasteiger partial charge in [0.1, 0.15) is 10.7 Å². The summed E-state index contributed by atoms with van der Waals surface area (Å²) in [6.07, 6.45) is 1.42. The number of rotatable bonds is 3. The van der Waals surface area contributed by atoms with Gasteiger partial charge in [-0.15, -0.1) is 11.3 Å². The van der Waals surface area contributed by atoms with Crippen LogP contribution in [-0.4, -0.2) is 20.8 Å². The fraction of sp³-hybridized carbons (Fsp3) is 0.188. The van der Waals surface area contributed by atoms with Gasteiger partial charge >= 0.3 is 0 Å². The van der Waals surface area contributed by atoms with Crippen LogP contribution in [-0.2, 0) is 0 Å². The lowest BCUT2D eigenvalue weighted by Gasteiger charge is -2.03. The Labute approximate surface area is 141 Å². The molecule has 0 saturated heterocycles. The minimum Gasteiger partial charge on any atom is -0.267 e. The molecule has 1 aromatic carbocycles. The van der Waals surface area contributed by atoms with Crippen molar-refractivity contribution in [2.24, 2.45) is 5.10 Å². The monoisotopic (exact) mass is 342 g/mol. The zero-order valence-corrected chi connectivity index (χ0v) is 14.1. The molecule has 122 valence electrons. The van der Waals surface area contributed by atoms with E-state index < -0.39 is 4.92 Å². The number of aryl methyl sites for hydroxylation is 3. The van der Waals surface area contributed by atoms with Gasteiger partial charge in [0.2, 0.25) is 0 Å². The second kappa shape index (κ2) is 5.97. The Hall–Kier alpha value is -2.87.